The molecule has 0 bridgehead atoms. The zero-order valence-corrected chi connectivity index (χ0v) is 8.09. The average Bonchev–Trinajstić information content (AvgIpc) is 2.18. The van der Waals surface area contributed by atoms with Gasteiger partial charge in [-0.15, -0.1) is 0 Å². The Labute approximate surface area is 86.5 Å². The SMILES string of the molecule is O=C=CC/C=C/c1ccc(F)c(Cl)c1. The van der Waals surface area contributed by atoms with Crippen LogP contribution in [-0.2, 0) is 4.79 Å². The maximum absolute atomic E-state index is 12.7. The Kier molecular flexibility index (Phi) is 4.11. The summed E-state index contributed by atoms with van der Waals surface area (Å²) in [6, 6.07) is 4.44. The van der Waals surface area contributed by atoms with Crippen molar-refractivity contribution in [2.75, 3.05) is 0 Å². The molecule has 0 unspecified atom stereocenters. The summed E-state index contributed by atoms with van der Waals surface area (Å²) in [5, 5.41) is 0.0954. The average molecular weight is 211 g/mol. The van der Waals surface area contributed by atoms with Crippen molar-refractivity contribution in [1.29, 1.82) is 0 Å². The molecule has 0 aliphatic heterocycles. The van der Waals surface area contributed by atoms with Gasteiger partial charge in [-0.3, -0.25) is 0 Å². The summed E-state index contributed by atoms with van der Waals surface area (Å²) in [5.41, 5.74) is 0.802. The standard InChI is InChI=1S/C11H8ClFO/c12-10-8-9(5-6-11(10)13)4-2-1-3-7-14/h2-6,8H,1H2/b4-2+. The van der Waals surface area contributed by atoms with Gasteiger partial charge in [-0.05, 0) is 24.1 Å². The molecule has 1 aromatic rings. The summed E-state index contributed by atoms with van der Waals surface area (Å²) in [7, 11) is 0. The first-order valence-corrected chi connectivity index (χ1v) is 4.43. The Morgan fingerprint density at radius 2 is 2.29 bits per heavy atom. The van der Waals surface area contributed by atoms with E-state index in [-0.39, 0.29) is 5.02 Å². The molecule has 0 aliphatic carbocycles. The summed E-state index contributed by atoms with van der Waals surface area (Å²) in [4.78, 5) is 9.83. The van der Waals surface area contributed by atoms with Gasteiger partial charge in [0.2, 0.25) is 0 Å². The quantitative estimate of drug-likeness (QED) is 0.700. The van der Waals surface area contributed by atoms with Gasteiger partial charge in [0.1, 0.15) is 11.8 Å². The Morgan fingerprint density at radius 3 is 2.93 bits per heavy atom. The Bertz CT molecular complexity index is 392. The van der Waals surface area contributed by atoms with Gasteiger partial charge in [0.05, 0.1) is 5.02 Å². The molecule has 0 N–H and O–H groups in total. The monoisotopic (exact) mass is 210 g/mol. The minimum absolute atomic E-state index is 0.0954. The van der Waals surface area contributed by atoms with Crippen LogP contribution in [0.25, 0.3) is 6.08 Å². The van der Waals surface area contributed by atoms with Gasteiger partial charge in [0.15, 0.2) is 0 Å². The Hall–Kier alpha value is -1.37. The van der Waals surface area contributed by atoms with Crippen LogP contribution in [0.3, 0.4) is 0 Å². The minimum atomic E-state index is -0.434. The van der Waals surface area contributed by atoms with Crippen molar-refractivity contribution in [3.05, 3.63) is 46.8 Å². The van der Waals surface area contributed by atoms with Crippen molar-refractivity contribution < 1.29 is 9.18 Å². The second-order valence-corrected chi connectivity index (χ2v) is 3.04. The van der Waals surface area contributed by atoms with Crippen LogP contribution in [0.1, 0.15) is 12.0 Å². The van der Waals surface area contributed by atoms with Crippen LogP contribution in [0, 0.1) is 5.82 Å². The van der Waals surface area contributed by atoms with Crippen molar-refractivity contribution in [1.82, 2.24) is 0 Å². The van der Waals surface area contributed by atoms with E-state index in [1.165, 1.54) is 18.2 Å². The number of allylic oxidation sites excluding steroid dienone is 2. The van der Waals surface area contributed by atoms with Crippen LogP contribution in [0.2, 0.25) is 5.02 Å². The van der Waals surface area contributed by atoms with Crippen LogP contribution >= 0.6 is 11.6 Å². The maximum Gasteiger partial charge on any atom is 0.141 e. The fourth-order valence-electron chi connectivity index (χ4n) is 0.936. The minimum Gasteiger partial charge on any atom is -0.234 e. The van der Waals surface area contributed by atoms with Gasteiger partial charge >= 0.3 is 0 Å². The summed E-state index contributed by atoms with van der Waals surface area (Å²) in [6.45, 7) is 0. The van der Waals surface area contributed by atoms with E-state index in [1.54, 1.807) is 24.2 Å². The molecule has 1 aromatic carbocycles. The van der Waals surface area contributed by atoms with E-state index in [9.17, 15) is 9.18 Å². The zero-order valence-electron chi connectivity index (χ0n) is 7.34. The number of rotatable bonds is 3. The highest BCUT2D eigenvalue weighted by Gasteiger charge is 1.97. The van der Waals surface area contributed by atoms with Crippen LogP contribution in [0.5, 0.6) is 0 Å². The van der Waals surface area contributed by atoms with E-state index in [0.29, 0.717) is 6.42 Å². The van der Waals surface area contributed by atoms with Gasteiger partial charge in [-0.25, -0.2) is 9.18 Å². The number of hydrogen-bond donors (Lipinski definition) is 0. The molecule has 3 heteroatoms. The summed E-state index contributed by atoms with van der Waals surface area (Å²) in [5.74, 6) is 1.23. The molecule has 0 aromatic heterocycles. The van der Waals surface area contributed by atoms with Crippen molar-refractivity contribution in [3.8, 4) is 0 Å². The molecular formula is C11H8ClFO. The van der Waals surface area contributed by atoms with Crippen molar-refractivity contribution >= 4 is 23.6 Å². The van der Waals surface area contributed by atoms with Gasteiger partial charge in [0.25, 0.3) is 0 Å². The normalized spacial score (nSPS) is 10.1. The molecule has 72 valence electrons. The highest BCUT2D eigenvalue weighted by molar-refractivity contribution is 6.30. The molecule has 0 radical (unpaired) electrons. The molecule has 0 heterocycles. The smallest absolute Gasteiger partial charge is 0.141 e. The van der Waals surface area contributed by atoms with Crippen LogP contribution < -0.4 is 0 Å². The van der Waals surface area contributed by atoms with E-state index in [1.807, 2.05) is 0 Å². The molecule has 1 nitrogen and oxygen atoms in total. The van der Waals surface area contributed by atoms with Crippen molar-refractivity contribution in [3.63, 3.8) is 0 Å². The molecule has 14 heavy (non-hydrogen) atoms. The molecule has 0 atom stereocenters. The van der Waals surface area contributed by atoms with Crippen LogP contribution in [-0.4, -0.2) is 5.94 Å². The molecule has 0 amide bonds. The number of halogens is 2. The lowest BCUT2D eigenvalue weighted by molar-refractivity contribution is 0.568. The second kappa shape index (κ2) is 5.38. The Balaban J connectivity index is 2.72. The fraction of sp³-hybridized carbons (Fsp3) is 0.0909. The highest BCUT2D eigenvalue weighted by atomic mass is 35.5. The maximum atomic E-state index is 12.7. The molecule has 0 spiro atoms. The first kappa shape index (κ1) is 10.7. The van der Waals surface area contributed by atoms with E-state index >= 15 is 0 Å². The van der Waals surface area contributed by atoms with E-state index in [2.05, 4.69) is 0 Å². The predicted octanol–water partition coefficient (Wildman–Crippen LogP) is 3.27. The lowest BCUT2D eigenvalue weighted by Gasteiger charge is -1.95. The second-order valence-electron chi connectivity index (χ2n) is 2.63. The van der Waals surface area contributed by atoms with Crippen LogP contribution in [0.15, 0.2) is 30.4 Å². The van der Waals surface area contributed by atoms with Gasteiger partial charge in [-0.2, -0.15) is 0 Å². The highest BCUT2D eigenvalue weighted by Crippen LogP contribution is 2.16. The van der Waals surface area contributed by atoms with Gasteiger partial charge in [0, 0.05) is 6.08 Å². The van der Waals surface area contributed by atoms with Crippen LogP contribution in [0.4, 0.5) is 4.39 Å². The topological polar surface area (TPSA) is 17.1 Å². The van der Waals surface area contributed by atoms with Crippen molar-refractivity contribution in [2.45, 2.75) is 6.42 Å². The van der Waals surface area contributed by atoms with E-state index in [0.717, 1.165) is 5.56 Å². The predicted molar refractivity (Wildman–Crippen MR) is 55.3 cm³/mol. The van der Waals surface area contributed by atoms with Gasteiger partial charge < -0.3 is 0 Å². The molecule has 0 fully saturated rings. The van der Waals surface area contributed by atoms with Gasteiger partial charge in [-0.1, -0.05) is 29.8 Å². The van der Waals surface area contributed by atoms with Crippen molar-refractivity contribution in [2.24, 2.45) is 0 Å². The summed E-state index contributed by atoms with van der Waals surface area (Å²) >= 11 is 5.57. The lowest BCUT2D eigenvalue weighted by Crippen LogP contribution is -1.77. The van der Waals surface area contributed by atoms with E-state index in [4.69, 9.17) is 11.6 Å². The Morgan fingerprint density at radius 1 is 1.50 bits per heavy atom. The molecule has 0 saturated carbocycles. The molecule has 1 rings (SSSR count). The molecular weight excluding hydrogens is 203 g/mol. The third-order valence-corrected chi connectivity index (χ3v) is 1.88. The third kappa shape index (κ3) is 3.17. The third-order valence-electron chi connectivity index (χ3n) is 1.59. The lowest BCUT2D eigenvalue weighted by atomic mass is 10.2. The van der Waals surface area contributed by atoms with E-state index < -0.39 is 5.82 Å². The number of benzene rings is 1. The number of hydrogen-bond acceptors (Lipinski definition) is 1. The number of carbonyl (C=O) groups excluding carboxylic acids is 1. The molecule has 0 saturated heterocycles. The largest absolute Gasteiger partial charge is 0.234 e. The summed E-state index contributed by atoms with van der Waals surface area (Å²) < 4.78 is 12.7. The fourth-order valence-corrected chi connectivity index (χ4v) is 1.13. The zero-order chi connectivity index (χ0) is 10.4. The summed E-state index contributed by atoms with van der Waals surface area (Å²) in [6.07, 6.45) is 5.41. The first-order chi connectivity index (χ1) is 6.74. The molecule has 0 aliphatic rings. The first-order valence-electron chi connectivity index (χ1n) is 4.05.